The van der Waals surface area contributed by atoms with E-state index < -0.39 is 0 Å². The van der Waals surface area contributed by atoms with Crippen molar-refractivity contribution in [2.24, 2.45) is 0 Å². The average Bonchev–Trinajstić information content (AvgIpc) is 2.59. The van der Waals surface area contributed by atoms with E-state index in [-0.39, 0.29) is 0 Å². The zero-order valence-electron chi connectivity index (χ0n) is 7.64. The van der Waals surface area contributed by atoms with Gasteiger partial charge in [0.25, 0.3) is 0 Å². The normalized spacial score (nSPS) is 12.4. The van der Waals surface area contributed by atoms with Gasteiger partial charge < -0.3 is 4.65 Å². The highest BCUT2D eigenvalue weighted by Gasteiger charge is 2.20. The predicted octanol–water partition coefficient (Wildman–Crippen LogP) is -0.660. The molecule has 0 spiro atoms. The number of aryl methyl sites for hydroxylation is 1. The summed E-state index contributed by atoms with van der Waals surface area (Å²) in [6.07, 6.45) is 3.41. The van der Waals surface area contributed by atoms with Gasteiger partial charge in [0.1, 0.15) is 23.0 Å². The van der Waals surface area contributed by atoms with E-state index in [2.05, 4.69) is 15.1 Å². The molecule has 6 heteroatoms. The minimum absolute atomic E-state index is 0.458. The number of pyridine rings is 1. The number of hydrogen-bond acceptors (Lipinski definition) is 4. The van der Waals surface area contributed by atoms with E-state index in [9.17, 15) is 0 Å². The van der Waals surface area contributed by atoms with Crippen LogP contribution in [0, 0.1) is 6.92 Å². The Bertz CT molecular complexity index is 496. The Morgan fingerprint density at radius 2 is 2.43 bits per heavy atom. The third-order valence-corrected chi connectivity index (χ3v) is 2.13. The third-order valence-electron chi connectivity index (χ3n) is 2.13. The van der Waals surface area contributed by atoms with E-state index in [0.717, 1.165) is 23.0 Å². The number of nitrogens with zero attached hydrogens (tertiary/aromatic N) is 4. The van der Waals surface area contributed by atoms with Gasteiger partial charge in [0.05, 0.1) is 6.20 Å². The molecule has 3 rings (SSSR count). The van der Waals surface area contributed by atoms with Crippen LogP contribution in [0.4, 0.5) is 0 Å². The van der Waals surface area contributed by atoms with Crippen molar-refractivity contribution in [3.05, 3.63) is 24.3 Å². The van der Waals surface area contributed by atoms with Crippen LogP contribution >= 0.6 is 0 Å². The van der Waals surface area contributed by atoms with Crippen LogP contribution < -0.4 is 10.4 Å². The Labute approximate surface area is 81.0 Å². The predicted molar refractivity (Wildman–Crippen MR) is 51.3 cm³/mol. The summed E-state index contributed by atoms with van der Waals surface area (Å²) in [5, 5.41) is 4.29. The summed E-state index contributed by atoms with van der Waals surface area (Å²) in [6.45, 7) is 1.87. The molecule has 0 amide bonds. The molecule has 0 bridgehead atoms. The lowest BCUT2D eigenvalue weighted by Crippen LogP contribution is -2.34. The van der Waals surface area contributed by atoms with Crippen molar-refractivity contribution in [3.63, 3.8) is 0 Å². The number of hydrogen-bond donors (Lipinski definition) is 0. The number of rotatable bonds is 0. The summed E-state index contributed by atoms with van der Waals surface area (Å²) in [6, 6.07) is 1.87. The second-order valence-corrected chi connectivity index (χ2v) is 3.12. The van der Waals surface area contributed by atoms with E-state index >= 15 is 0 Å². The van der Waals surface area contributed by atoms with Crippen LogP contribution in [0.3, 0.4) is 0 Å². The molecule has 0 atom stereocenters. The topological polar surface area (TPSA) is 52.8 Å². The van der Waals surface area contributed by atoms with Crippen molar-refractivity contribution in [1.82, 2.24) is 19.7 Å². The molecule has 1 aliphatic heterocycles. The van der Waals surface area contributed by atoms with E-state index in [4.69, 9.17) is 4.65 Å². The summed E-state index contributed by atoms with van der Waals surface area (Å²) >= 11 is 0. The van der Waals surface area contributed by atoms with Gasteiger partial charge >= 0.3 is 7.48 Å². The molecule has 14 heavy (non-hydrogen) atoms. The van der Waals surface area contributed by atoms with Crippen molar-refractivity contribution in [3.8, 4) is 11.4 Å². The van der Waals surface area contributed by atoms with Crippen molar-refractivity contribution in [2.45, 2.75) is 6.92 Å². The van der Waals surface area contributed by atoms with E-state index in [0.29, 0.717) is 7.48 Å². The molecule has 0 saturated carbocycles. The molecule has 0 aliphatic carbocycles. The van der Waals surface area contributed by atoms with E-state index in [1.165, 1.54) is 0 Å². The Balaban J connectivity index is 2.28. The maximum Gasteiger partial charge on any atom is 0.414 e. The maximum absolute atomic E-state index is 5.48. The maximum atomic E-state index is 5.48. The van der Waals surface area contributed by atoms with Gasteiger partial charge in [-0.15, -0.1) is 0 Å². The molecule has 2 aromatic heterocycles. The van der Waals surface area contributed by atoms with Crippen LogP contribution in [0.15, 0.2) is 18.5 Å². The standard InChI is InChI=1S/C8H7BN4O/c1-5-11-8-9-14-7-4-10-3-2-6(7)13(8)12-5/h2-4,9H,1H3. The Hall–Kier alpha value is -1.85. The molecule has 3 heterocycles. The monoisotopic (exact) mass is 186 g/mol. The lowest BCUT2D eigenvalue weighted by molar-refractivity contribution is 0.575. The summed E-state index contributed by atoms with van der Waals surface area (Å²) in [5.41, 5.74) is 1.74. The zero-order valence-corrected chi connectivity index (χ0v) is 7.64. The molecule has 0 aromatic carbocycles. The molecule has 68 valence electrons. The fourth-order valence-electron chi connectivity index (χ4n) is 1.55. The molecule has 0 radical (unpaired) electrons. The first-order valence-corrected chi connectivity index (χ1v) is 4.34. The summed E-state index contributed by atoms with van der Waals surface area (Å²) in [7, 11) is 0.458. The van der Waals surface area contributed by atoms with Gasteiger partial charge in [0.15, 0.2) is 0 Å². The molecule has 0 N–H and O–H groups in total. The molecule has 5 nitrogen and oxygen atoms in total. The number of fused-ring (bicyclic) bond motifs is 3. The first kappa shape index (κ1) is 7.55. The first-order chi connectivity index (χ1) is 6.84. The quantitative estimate of drug-likeness (QED) is 0.512. The first-order valence-electron chi connectivity index (χ1n) is 4.34. The fraction of sp³-hybridized carbons (Fsp3) is 0.125. The van der Waals surface area contributed by atoms with Gasteiger partial charge in [0, 0.05) is 6.20 Å². The highest BCUT2D eigenvalue weighted by molar-refractivity contribution is 6.46. The molecular weight excluding hydrogens is 179 g/mol. The fourth-order valence-corrected chi connectivity index (χ4v) is 1.55. The molecule has 0 unspecified atom stereocenters. The third kappa shape index (κ3) is 0.936. The minimum atomic E-state index is 0.458. The summed E-state index contributed by atoms with van der Waals surface area (Å²) < 4.78 is 7.28. The minimum Gasteiger partial charge on any atom is -0.553 e. The zero-order chi connectivity index (χ0) is 9.54. The van der Waals surface area contributed by atoms with Gasteiger partial charge in [-0.1, -0.05) is 0 Å². The van der Waals surface area contributed by atoms with Crippen molar-refractivity contribution >= 4 is 13.2 Å². The van der Waals surface area contributed by atoms with E-state index in [1.54, 1.807) is 17.1 Å². The van der Waals surface area contributed by atoms with Gasteiger partial charge in [-0.25, -0.2) is 9.67 Å². The molecule has 0 fully saturated rings. The van der Waals surface area contributed by atoms with Crippen molar-refractivity contribution in [2.75, 3.05) is 0 Å². The highest BCUT2D eigenvalue weighted by atomic mass is 16.4. The van der Waals surface area contributed by atoms with Gasteiger partial charge in [-0.3, -0.25) is 4.98 Å². The second-order valence-electron chi connectivity index (χ2n) is 3.12. The van der Waals surface area contributed by atoms with Crippen molar-refractivity contribution < 1.29 is 4.65 Å². The highest BCUT2D eigenvalue weighted by Crippen LogP contribution is 2.21. The van der Waals surface area contributed by atoms with Crippen LogP contribution in [0.5, 0.6) is 5.75 Å². The van der Waals surface area contributed by atoms with Gasteiger partial charge in [0.2, 0.25) is 0 Å². The lowest BCUT2D eigenvalue weighted by Gasteiger charge is -2.16. The summed E-state index contributed by atoms with van der Waals surface area (Å²) in [5.74, 6) is 1.51. The summed E-state index contributed by atoms with van der Waals surface area (Å²) in [4.78, 5) is 8.25. The van der Waals surface area contributed by atoms with Crippen LogP contribution in [0.2, 0.25) is 0 Å². The van der Waals surface area contributed by atoms with Gasteiger partial charge in [-0.05, 0) is 13.0 Å². The average molecular weight is 186 g/mol. The van der Waals surface area contributed by atoms with Crippen LogP contribution in [-0.4, -0.2) is 27.2 Å². The molecule has 0 saturated heterocycles. The van der Waals surface area contributed by atoms with Gasteiger partial charge in [-0.2, -0.15) is 5.10 Å². The smallest absolute Gasteiger partial charge is 0.414 e. The van der Waals surface area contributed by atoms with Crippen LogP contribution in [0.1, 0.15) is 5.82 Å². The Kier molecular flexibility index (Phi) is 1.39. The molecular formula is C8H7BN4O. The lowest BCUT2D eigenvalue weighted by atomic mass is 9.98. The Morgan fingerprint density at radius 1 is 1.50 bits per heavy atom. The van der Waals surface area contributed by atoms with Crippen LogP contribution in [-0.2, 0) is 0 Å². The molecule has 1 aliphatic rings. The number of aromatic nitrogens is 4. The SMILES string of the molecule is Cc1nc2n(n1)-c1ccncc1OB2. The van der Waals surface area contributed by atoms with Crippen molar-refractivity contribution in [1.29, 1.82) is 0 Å². The largest absolute Gasteiger partial charge is 0.553 e. The second kappa shape index (κ2) is 2.57. The van der Waals surface area contributed by atoms with E-state index in [1.807, 2.05) is 13.0 Å². The molecule has 2 aromatic rings. The Morgan fingerprint density at radius 3 is 3.36 bits per heavy atom. The van der Waals surface area contributed by atoms with Crippen LogP contribution in [0.25, 0.3) is 5.69 Å².